The number of likely N-dealkylation sites (tertiary alicyclic amines) is 1. The monoisotopic (exact) mass is 474 g/mol. The predicted octanol–water partition coefficient (Wildman–Crippen LogP) is 2.59. The molecule has 0 bridgehead atoms. The highest BCUT2D eigenvalue weighted by molar-refractivity contribution is 6.20. The fourth-order valence-corrected chi connectivity index (χ4v) is 5.41. The van der Waals surface area contributed by atoms with E-state index in [0.717, 1.165) is 25.2 Å². The Morgan fingerprint density at radius 3 is 2.74 bits per heavy atom. The zero-order valence-corrected chi connectivity index (χ0v) is 19.3. The van der Waals surface area contributed by atoms with E-state index < -0.39 is 5.82 Å². The number of rotatable bonds is 6. The highest BCUT2D eigenvalue weighted by Gasteiger charge is 2.40. The van der Waals surface area contributed by atoms with Crippen molar-refractivity contribution in [1.82, 2.24) is 19.7 Å². The number of anilines is 1. The minimum absolute atomic E-state index is 0.0304. The van der Waals surface area contributed by atoms with E-state index >= 15 is 0 Å². The van der Waals surface area contributed by atoms with Crippen molar-refractivity contribution >= 4 is 17.2 Å². The molecule has 3 aliphatic rings. The molecule has 8 nitrogen and oxygen atoms in total. The minimum Gasteiger partial charge on any atom is -0.394 e. The highest BCUT2D eigenvalue weighted by atomic mass is 19.1. The van der Waals surface area contributed by atoms with Crippen LogP contribution < -0.4 is 5.32 Å². The molecule has 9 heteroatoms. The average Bonchev–Trinajstić information content (AvgIpc) is 3.21. The Balaban J connectivity index is 1.46. The van der Waals surface area contributed by atoms with Crippen molar-refractivity contribution in [1.29, 1.82) is 0 Å². The summed E-state index contributed by atoms with van der Waals surface area (Å²) in [5.74, 6) is -0.390. The molecule has 1 aromatic heterocycles. The number of Topliss-reactive ketones (excluding diaryl/α,β-unsaturated/α-hetero) is 1. The molecule has 0 amide bonds. The smallest absolute Gasteiger partial charge is 0.185 e. The van der Waals surface area contributed by atoms with Crippen molar-refractivity contribution in [2.45, 2.75) is 31.3 Å². The molecule has 2 unspecified atom stereocenters. The lowest BCUT2D eigenvalue weighted by Gasteiger charge is -2.31. The minimum atomic E-state index is -0.449. The Morgan fingerprint density at radius 2 is 2.00 bits per heavy atom. The molecule has 4 heterocycles. The van der Waals surface area contributed by atoms with Gasteiger partial charge in [0.25, 0.3) is 0 Å². The average molecular weight is 475 g/mol. The maximum absolute atomic E-state index is 14.4. The summed E-state index contributed by atoms with van der Waals surface area (Å²) >= 11 is 0. The maximum Gasteiger partial charge on any atom is 0.185 e. The first kappa shape index (κ1) is 22.1. The van der Waals surface area contributed by atoms with Crippen LogP contribution in [0.1, 0.15) is 51.1 Å². The van der Waals surface area contributed by atoms with Gasteiger partial charge in [0.2, 0.25) is 0 Å². The summed E-state index contributed by atoms with van der Waals surface area (Å²) in [6.45, 7) is 3.94. The molecule has 2 aromatic carbocycles. The zero-order valence-electron chi connectivity index (χ0n) is 19.3. The molecule has 1 fully saturated rings. The Kier molecular flexibility index (Phi) is 5.66. The van der Waals surface area contributed by atoms with Gasteiger partial charge in [0, 0.05) is 35.8 Å². The number of halogens is 1. The second kappa shape index (κ2) is 8.98. The second-order valence-electron chi connectivity index (χ2n) is 9.40. The molecule has 2 atom stereocenters. The molecule has 0 aliphatic carbocycles. The first-order chi connectivity index (χ1) is 17.1. The van der Waals surface area contributed by atoms with Crippen molar-refractivity contribution in [2.24, 2.45) is 4.99 Å². The summed E-state index contributed by atoms with van der Waals surface area (Å²) < 4.78 is 16.1. The van der Waals surface area contributed by atoms with Crippen molar-refractivity contribution in [3.05, 3.63) is 76.6 Å². The Morgan fingerprint density at radius 1 is 1.17 bits per heavy atom. The number of aliphatic hydroxyl groups excluding tert-OH is 1. The van der Waals surface area contributed by atoms with Gasteiger partial charge in [-0.1, -0.05) is 24.3 Å². The summed E-state index contributed by atoms with van der Waals surface area (Å²) in [6.07, 6.45) is 2.74. The van der Waals surface area contributed by atoms with Gasteiger partial charge in [0.1, 0.15) is 24.5 Å². The van der Waals surface area contributed by atoms with E-state index in [4.69, 9.17) is 4.99 Å². The molecule has 1 saturated heterocycles. The maximum atomic E-state index is 14.4. The van der Waals surface area contributed by atoms with Crippen LogP contribution in [0, 0.1) is 5.82 Å². The topological polar surface area (TPSA) is 95.6 Å². The zero-order chi connectivity index (χ0) is 23.9. The van der Waals surface area contributed by atoms with Crippen LogP contribution in [0.25, 0.3) is 0 Å². The largest absolute Gasteiger partial charge is 0.394 e. The van der Waals surface area contributed by atoms with E-state index in [1.165, 1.54) is 30.4 Å². The molecular formula is C26H27FN6O2. The normalized spacial score (nSPS) is 21.5. The van der Waals surface area contributed by atoms with Crippen LogP contribution >= 0.6 is 0 Å². The van der Waals surface area contributed by atoms with Crippen LogP contribution in [0.15, 0.2) is 47.7 Å². The number of aliphatic hydroxyl groups is 1. The van der Waals surface area contributed by atoms with Crippen LogP contribution in [0.4, 0.5) is 10.1 Å². The number of nitrogens with zero attached hydrogens (tertiary/aromatic N) is 5. The number of benzene rings is 2. The quantitative estimate of drug-likeness (QED) is 0.570. The van der Waals surface area contributed by atoms with E-state index in [-0.39, 0.29) is 30.8 Å². The molecule has 2 N–H and O–H groups in total. The van der Waals surface area contributed by atoms with E-state index in [1.807, 2.05) is 0 Å². The lowest BCUT2D eigenvalue weighted by atomic mass is 9.78. The molecule has 6 rings (SSSR count). The summed E-state index contributed by atoms with van der Waals surface area (Å²) in [4.78, 5) is 24.4. The Labute approximate surface area is 202 Å². The van der Waals surface area contributed by atoms with E-state index in [0.29, 0.717) is 41.4 Å². The van der Waals surface area contributed by atoms with Crippen LogP contribution in [-0.2, 0) is 13.1 Å². The van der Waals surface area contributed by atoms with Crippen LogP contribution in [-0.4, -0.2) is 69.1 Å². The first-order valence-corrected chi connectivity index (χ1v) is 12.1. The number of aromatic nitrogens is 3. The number of carbonyl (C=O) groups excluding carboxylic acids is 1. The van der Waals surface area contributed by atoms with E-state index in [2.05, 4.69) is 44.6 Å². The standard InChI is InChI=1S/C26H27FN6O2/c27-18-10-19-22(35)13-29-25-23(19)21(11-18)28-12-20(24(25)26-30-15-31-33(26)8-9-34)17-4-2-16(3-5-17)14-32-6-1-7-32/h2-5,10-11,15,20,24,28,34H,1,6-9,12-14H2. The molecule has 35 heavy (non-hydrogen) atoms. The lowest BCUT2D eigenvalue weighted by Crippen LogP contribution is -2.36. The summed E-state index contributed by atoms with van der Waals surface area (Å²) in [5.41, 5.74) is 4.64. The SMILES string of the molecule is O=C1CN=C2c3c(cc(F)cc31)NCC(c1ccc(CN3CCC3)cc1)C2c1ncnn1CCO. The Hall–Kier alpha value is -3.43. The second-order valence-corrected chi connectivity index (χ2v) is 9.40. The number of aliphatic imine (C=N–C) groups is 1. The summed E-state index contributed by atoms with van der Waals surface area (Å²) in [6, 6.07) is 11.4. The summed E-state index contributed by atoms with van der Waals surface area (Å²) in [5, 5.41) is 17.3. The van der Waals surface area contributed by atoms with Crippen molar-refractivity contribution in [2.75, 3.05) is 38.1 Å². The fourth-order valence-electron chi connectivity index (χ4n) is 5.41. The molecule has 3 aromatic rings. The number of carbonyl (C=O) groups is 1. The van der Waals surface area contributed by atoms with Crippen molar-refractivity contribution < 1.29 is 14.3 Å². The van der Waals surface area contributed by atoms with E-state index in [9.17, 15) is 14.3 Å². The molecule has 0 spiro atoms. The number of nitrogens with one attached hydrogen (secondary N) is 1. The Bertz CT molecular complexity index is 1300. The van der Waals surface area contributed by atoms with Gasteiger partial charge < -0.3 is 10.4 Å². The number of hydrogen-bond donors (Lipinski definition) is 2. The third-order valence-corrected chi connectivity index (χ3v) is 7.26. The van der Waals surface area contributed by atoms with Gasteiger partial charge in [-0.2, -0.15) is 5.10 Å². The van der Waals surface area contributed by atoms with Gasteiger partial charge in [0.15, 0.2) is 5.78 Å². The van der Waals surface area contributed by atoms with Gasteiger partial charge in [0.05, 0.1) is 24.8 Å². The number of hydrogen-bond acceptors (Lipinski definition) is 7. The van der Waals surface area contributed by atoms with Crippen LogP contribution in [0.3, 0.4) is 0 Å². The third kappa shape index (κ3) is 3.94. The number of ketones is 1. The van der Waals surface area contributed by atoms with Crippen LogP contribution in [0.2, 0.25) is 0 Å². The fraction of sp³-hybridized carbons (Fsp3) is 0.385. The van der Waals surface area contributed by atoms with Gasteiger partial charge in [-0.25, -0.2) is 14.1 Å². The first-order valence-electron chi connectivity index (χ1n) is 12.1. The van der Waals surface area contributed by atoms with Gasteiger partial charge >= 0.3 is 0 Å². The van der Waals surface area contributed by atoms with Crippen LogP contribution in [0.5, 0.6) is 0 Å². The van der Waals surface area contributed by atoms with Crippen molar-refractivity contribution in [3.63, 3.8) is 0 Å². The molecular weight excluding hydrogens is 447 g/mol. The van der Waals surface area contributed by atoms with E-state index in [1.54, 1.807) is 4.68 Å². The molecule has 3 aliphatic heterocycles. The van der Waals surface area contributed by atoms with Gasteiger partial charge in [-0.05, 0) is 42.8 Å². The molecule has 0 radical (unpaired) electrons. The summed E-state index contributed by atoms with van der Waals surface area (Å²) in [7, 11) is 0. The van der Waals surface area contributed by atoms with Gasteiger partial charge in [-0.3, -0.25) is 14.7 Å². The molecule has 180 valence electrons. The van der Waals surface area contributed by atoms with Crippen molar-refractivity contribution in [3.8, 4) is 0 Å². The lowest BCUT2D eigenvalue weighted by molar-refractivity contribution is 0.0999. The van der Waals surface area contributed by atoms with Gasteiger partial charge in [-0.15, -0.1) is 0 Å². The molecule has 0 saturated carbocycles. The third-order valence-electron chi connectivity index (χ3n) is 7.26. The highest BCUT2D eigenvalue weighted by Crippen LogP contribution is 2.42. The predicted molar refractivity (Wildman–Crippen MR) is 130 cm³/mol.